The van der Waals surface area contributed by atoms with E-state index in [0.717, 1.165) is 24.9 Å². The number of carbonyl (C=O) groups is 3. The summed E-state index contributed by atoms with van der Waals surface area (Å²) < 4.78 is 5.27. The maximum Gasteiger partial charge on any atom is 0.410 e. The number of hydrogen-bond donors (Lipinski definition) is 2. The number of amides is 3. The summed E-state index contributed by atoms with van der Waals surface area (Å²) in [7, 11) is 1.53. The Labute approximate surface area is 172 Å². The fourth-order valence-electron chi connectivity index (χ4n) is 3.26. The number of para-hydroxylation sites is 1. The monoisotopic (exact) mass is 404 g/mol. The highest BCUT2D eigenvalue weighted by molar-refractivity contribution is 5.94. The number of primary amides is 1. The number of carbonyl (C=O) groups excluding carboxylic acids is 3. The highest BCUT2D eigenvalue weighted by Crippen LogP contribution is 2.22. The van der Waals surface area contributed by atoms with Gasteiger partial charge in [0.2, 0.25) is 11.8 Å². The molecule has 1 saturated heterocycles. The molecule has 29 heavy (non-hydrogen) atoms. The third-order valence-electron chi connectivity index (χ3n) is 4.68. The molecule has 1 heterocycles. The molecule has 0 aliphatic carbocycles. The third kappa shape index (κ3) is 7.38. The number of likely N-dealkylation sites (N-methyl/N-ethyl adjacent to an activating group) is 1. The number of nitrogens with one attached hydrogen (secondary N) is 1. The maximum absolute atomic E-state index is 12.4. The average molecular weight is 405 g/mol. The van der Waals surface area contributed by atoms with Crippen LogP contribution in [0.25, 0.3) is 0 Å². The zero-order valence-corrected chi connectivity index (χ0v) is 17.7. The molecular formula is C21H32N4O4. The van der Waals surface area contributed by atoms with Gasteiger partial charge in [0.15, 0.2) is 0 Å². The zero-order valence-electron chi connectivity index (χ0n) is 17.7. The van der Waals surface area contributed by atoms with Crippen LogP contribution in [0.15, 0.2) is 24.3 Å². The van der Waals surface area contributed by atoms with E-state index in [1.165, 1.54) is 11.9 Å². The van der Waals surface area contributed by atoms with Crippen LogP contribution in [0.3, 0.4) is 0 Å². The smallest absolute Gasteiger partial charge is 0.410 e. The predicted octanol–water partition coefficient (Wildman–Crippen LogP) is 2.19. The summed E-state index contributed by atoms with van der Waals surface area (Å²) in [5.74, 6) is -0.700. The Morgan fingerprint density at radius 1 is 1.28 bits per heavy atom. The lowest BCUT2D eigenvalue weighted by Gasteiger charge is -2.31. The lowest BCUT2D eigenvalue weighted by molar-refractivity contribution is -0.123. The molecule has 0 spiro atoms. The Morgan fingerprint density at radius 2 is 1.97 bits per heavy atom. The van der Waals surface area contributed by atoms with Crippen LogP contribution >= 0.6 is 0 Å². The highest BCUT2D eigenvalue weighted by Gasteiger charge is 2.25. The zero-order chi connectivity index (χ0) is 21.6. The van der Waals surface area contributed by atoms with Crippen LogP contribution in [0.2, 0.25) is 0 Å². The number of likely N-dealkylation sites (tertiary alicyclic amines) is 1. The summed E-state index contributed by atoms with van der Waals surface area (Å²) in [4.78, 5) is 39.4. The molecule has 1 aromatic rings. The fourth-order valence-corrected chi connectivity index (χ4v) is 3.26. The first-order chi connectivity index (χ1) is 13.5. The van der Waals surface area contributed by atoms with Gasteiger partial charge in [-0.3, -0.25) is 14.5 Å². The fraction of sp³-hybridized carbons (Fsp3) is 0.571. The number of nitrogens with zero attached hydrogens (tertiary/aromatic N) is 2. The van der Waals surface area contributed by atoms with Gasteiger partial charge in [-0.1, -0.05) is 18.2 Å². The second-order valence-corrected chi connectivity index (χ2v) is 8.52. The standard InChI is InChI=1S/C21H32N4O4/c1-21(2,3)29-20(28)24(4)14-18(26)23-17-10-6-5-8-15(17)12-25-11-7-9-16(13-25)19(22)27/h5-6,8,10,16H,7,9,11-14H2,1-4H3,(H2,22,27)(H,23,26). The quantitative estimate of drug-likeness (QED) is 0.756. The Hall–Kier alpha value is -2.61. The summed E-state index contributed by atoms with van der Waals surface area (Å²) in [6, 6.07) is 7.53. The van der Waals surface area contributed by atoms with E-state index in [4.69, 9.17) is 10.5 Å². The van der Waals surface area contributed by atoms with Crippen molar-refractivity contribution in [3.63, 3.8) is 0 Å². The minimum absolute atomic E-state index is 0.114. The molecule has 3 amide bonds. The lowest BCUT2D eigenvalue weighted by Crippen LogP contribution is -2.41. The molecule has 2 rings (SSSR count). The van der Waals surface area contributed by atoms with E-state index in [2.05, 4.69) is 10.2 Å². The van der Waals surface area contributed by atoms with Crippen LogP contribution in [0.1, 0.15) is 39.2 Å². The van der Waals surface area contributed by atoms with Gasteiger partial charge in [-0.05, 0) is 51.8 Å². The van der Waals surface area contributed by atoms with Crippen molar-refractivity contribution in [3.8, 4) is 0 Å². The molecule has 0 saturated carbocycles. The topological polar surface area (TPSA) is 105 Å². The van der Waals surface area contributed by atoms with Gasteiger partial charge < -0.3 is 20.7 Å². The molecule has 160 valence electrons. The number of piperidine rings is 1. The first-order valence-electron chi connectivity index (χ1n) is 9.88. The Bertz CT molecular complexity index is 744. The second-order valence-electron chi connectivity index (χ2n) is 8.52. The Kier molecular flexibility index (Phi) is 7.61. The normalized spacial score (nSPS) is 17.4. The van der Waals surface area contributed by atoms with Crippen LogP contribution < -0.4 is 11.1 Å². The van der Waals surface area contributed by atoms with Crippen LogP contribution in [-0.2, 0) is 20.9 Å². The molecule has 1 atom stereocenters. The number of benzene rings is 1. The molecule has 1 fully saturated rings. The van der Waals surface area contributed by atoms with Crippen molar-refractivity contribution in [1.29, 1.82) is 0 Å². The molecule has 1 aliphatic rings. The van der Waals surface area contributed by atoms with Gasteiger partial charge in [-0.25, -0.2) is 4.79 Å². The van der Waals surface area contributed by atoms with Crippen molar-refractivity contribution in [3.05, 3.63) is 29.8 Å². The van der Waals surface area contributed by atoms with Crippen LogP contribution in [0.4, 0.5) is 10.5 Å². The highest BCUT2D eigenvalue weighted by atomic mass is 16.6. The molecule has 0 bridgehead atoms. The van der Waals surface area contributed by atoms with E-state index in [1.54, 1.807) is 20.8 Å². The van der Waals surface area contributed by atoms with Crippen molar-refractivity contribution in [1.82, 2.24) is 9.80 Å². The third-order valence-corrected chi connectivity index (χ3v) is 4.68. The van der Waals surface area contributed by atoms with Gasteiger partial charge in [-0.2, -0.15) is 0 Å². The van der Waals surface area contributed by atoms with Crippen molar-refractivity contribution in [2.24, 2.45) is 11.7 Å². The number of rotatable bonds is 6. The van der Waals surface area contributed by atoms with Gasteiger partial charge >= 0.3 is 6.09 Å². The number of ether oxygens (including phenoxy) is 1. The van der Waals surface area contributed by atoms with E-state index in [-0.39, 0.29) is 24.3 Å². The summed E-state index contributed by atoms with van der Waals surface area (Å²) >= 11 is 0. The molecule has 0 radical (unpaired) electrons. The summed E-state index contributed by atoms with van der Waals surface area (Å²) in [5, 5.41) is 2.88. The van der Waals surface area contributed by atoms with Gasteiger partial charge in [-0.15, -0.1) is 0 Å². The summed E-state index contributed by atoms with van der Waals surface area (Å²) in [5.41, 5.74) is 6.48. The van der Waals surface area contributed by atoms with E-state index in [0.29, 0.717) is 18.8 Å². The minimum Gasteiger partial charge on any atom is -0.444 e. The number of nitrogens with two attached hydrogens (primary N) is 1. The molecule has 8 nitrogen and oxygen atoms in total. The van der Waals surface area contributed by atoms with E-state index in [1.807, 2.05) is 24.3 Å². The van der Waals surface area contributed by atoms with E-state index in [9.17, 15) is 14.4 Å². The van der Waals surface area contributed by atoms with Crippen molar-refractivity contribution >= 4 is 23.6 Å². The van der Waals surface area contributed by atoms with Crippen molar-refractivity contribution in [2.45, 2.75) is 45.8 Å². The van der Waals surface area contributed by atoms with Gasteiger partial charge in [0.25, 0.3) is 0 Å². The molecule has 0 aromatic heterocycles. The van der Waals surface area contributed by atoms with Crippen LogP contribution in [0.5, 0.6) is 0 Å². The first kappa shape index (κ1) is 22.7. The summed E-state index contributed by atoms with van der Waals surface area (Å²) in [6.07, 6.45) is 1.19. The molecule has 1 unspecified atom stereocenters. The molecule has 8 heteroatoms. The Morgan fingerprint density at radius 3 is 2.62 bits per heavy atom. The summed E-state index contributed by atoms with van der Waals surface area (Å²) in [6.45, 7) is 7.33. The van der Waals surface area contributed by atoms with E-state index >= 15 is 0 Å². The second kappa shape index (κ2) is 9.73. The predicted molar refractivity (Wildman–Crippen MR) is 111 cm³/mol. The van der Waals surface area contributed by atoms with Gasteiger partial charge in [0, 0.05) is 25.8 Å². The maximum atomic E-state index is 12.4. The SMILES string of the molecule is CN(CC(=O)Nc1ccccc1CN1CCCC(C(N)=O)C1)C(=O)OC(C)(C)C. The molecule has 1 aliphatic heterocycles. The van der Waals surface area contributed by atoms with E-state index < -0.39 is 11.7 Å². The Balaban J connectivity index is 1.97. The number of hydrogen-bond acceptors (Lipinski definition) is 5. The van der Waals surface area contributed by atoms with Crippen molar-refractivity contribution in [2.75, 3.05) is 32.0 Å². The van der Waals surface area contributed by atoms with Crippen LogP contribution in [-0.4, -0.2) is 60.0 Å². The molecular weight excluding hydrogens is 372 g/mol. The van der Waals surface area contributed by atoms with Crippen molar-refractivity contribution < 1.29 is 19.1 Å². The van der Waals surface area contributed by atoms with Gasteiger partial charge in [0.1, 0.15) is 12.1 Å². The molecule has 1 aromatic carbocycles. The van der Waals surface area contributed by atoms with Gasteiger partial charge in [0.05, 0.1) is 5.92 Å². The number of anilines is 1. The lowest BCUT2D eigenvalue weighted by atomic mass is 9.97. The molecule has 3 N–H and O–H groups in total. The minimum atomic E-state index is -0.619. The largest absolute Gasteiger partial charge is 0.444 e. The van der Waals surface area contributed by atoms with Crippen LogP contribution in [0, 0.1) is 5.92 Å². The average Bonchev–Trinajstić information content (AvgIpc) is 2.62. The first-order valence-corrected chi connectivity index (χ1v) is 9.88.